The van der Waals surface area contributed by atoms with Crippen molar-refractivity contribution in [3.05, 3.63) is 54.7 Å². The van der Waals surface area contributed by atoms with Crippen molar-refractivity contribution in [2.24, 2.45) is 0 Å². The summed E-state index contributed by atoms with van der Waals surface area (Å²) in [7, 11) is -3.21. The van der Waals surface area contributed by atoms with Crippen LogP contribution in [0, 0.1) is 0 Å². The molecule has 0 bridgehead atoms. The maximum Gasteiger partial charge on any atom is 0.224 e. The molecule has 3 rings (SSSR count). The molecule has 136 valence electrons. The van der Waals surface area contributed by atoms with Gasteiger partial charge in [-0.05, 0) is 48.9 Å². The van der Waals surface area contributed by atoms with Crippen molar-refractivity contribution in [2.75, 3.05) is 18.2 Å². The zero-order valence-electron chi connectivity index (χ0n) is 14.4. The summed E-state index contributed by atoms with van der Waals surface area (Å²) in [6.45, 7) is 0.375. The highest BCUT2D eigenvalue weighted by atomic mass is 32.2. The minimum atomic E-state index is -3.21. The summed E-state index contributed by atoms with van der Waals surface area (Å²) < 4.78 is 28.4. The molecular formula is C19H20N2O4S. The molecular weight excluding hydrogens is 352 g/mol. The molecule has 7 heteroatoms. The van der Waals surface area contributed by atoms with Crippen LogP contribution in [0.25, 0.3) is 10.9 Å². The minimum absolute atomic E-state index is 0.0743. The zero-order chi connectivity index (χ0) is 18.6. The lowest BCUT2D eigenvalue weighted by atomic mass is 10.2. The van der Waals surface area contributed by atoms with Gasteiger partial charge in [-0.1, -0.05) is 6.07 Å². The number of aromatic amines is 1. The third-order valence-corrected chi connectivity index (χ3v) is 5.07. The number of H-pyrrole nitrogens is 1. The molecule has 1 heterocycles. The average molecular weight is 372 g/mol. The average Bonchev–Trinajstić information content (AvgIpc) is 3.08. The number of carbonyl (C=O) groups is 1. The topological polar surface area (TPSA) is 88.3 Å². The quantitative estimate of drug-likeness (QED) is 0.623. The number of nitrogens with one attached hydrogen (secondary N) is 2. The molecule has 0 atom stereocenters. The number of anilines is 1. The molecule has 0 aliphatic carbocycles. The third-order valence-electron chi connectivity index (χ3n) is 3.94. The number of benzene rings is 2. The van der Waals surface area contributed by atoms with Crippen LogP contribution in [0.3, 0.4) is 0 Å². The van der Waals surface area contributed by atoms with E-state index in [4.69, 9.17) is 4.74 Å². The van der Waals surface area contributed by atoms with E-state index in [9.17, 15) is 13.2 Å². The monoisotopic (exact) mass is 372 g/mol. The van der Waals surface area contributed by atoms with E-state index in [1.165, 1.54) is 12.1 Å². The fraction of sp³-hybridized carbons (Fsp3) is 0.211. The molecule has 2 aromatic carbocycles. The second-order valence-corrected chi connectivity index (χ2v) is 8.00. The maximum absolute atomic E-state index is 12.1. The van der Waals surface area contributed by atoms with Gasteiger partial charge in [-0.3, -0.25) is 4.79 Å². The molecule has 0 radical (unpaired) electrons. The number of ether oxygens (including phenoxy) is 1. The van der Waals surface area contributed by atoms with Crippen molar-refractivity contribution in [2.45, 2.75) is 17.7 Å². The Morgan fingerprint density at radius 1 is 1.12 bits per heavy atom. The van der Waals surface area contributed by atoms with Gasteiger partial charge in [-0.25, -0.2) is 8.42 Å². The first-order valence-electron chi connectivity index (χ1n) is 8.22. The van der Waals surface area contributed by atoms with E-state index in [0.29, 0.717) is 25.2 Å². The molecule has 0 fully saturated rings. The van der Waals surface area contributed by atoms with Gasteiger partial charge in [0.05, 0.1) is 17.2 Å². The predicted molar refractivity (Wildman–Crippen MR) is 101 cm³/mol. The van der Waals surface area contributed by atoms with Gasteiger partial charge in [0.2, 0.25) is 5.91 Å². The first kappa shape index (κ1) is 18.0. The summed E-state index contributed by atoms with van der Waals surface area (Å²) in [4.78, 5) is 15.5. The second kappa shape index (κ2) is 7.61. The van der Waals surface area contributed by atoms with Crippen molar-refractivity contribution in [1.29, 1.82) is 0 Å². The summed E-state index contributed by atoms with van der Waals surface area (Å²) in [5.41, 5.74) is 1.76. The molecule has 0 unspecified atom stereocenters. The fourth-order valence-corrected chi connectivity index (χ4v) is 3.24. The standard InChI is InChI=1S/C19H20N2O4S/c1-26(23,24)15-9-7-14(8-10-15)25-13-3-6-19(22)21-18-5-2-4-17-16(18)11-12-20-17/h2,4-5,7-12,20H,3,6,13H2,1H3,(H,21,22). The highest BCUT2D eigenvalue weighted by molar-refractivity contribution is 7.90. The lowest BCUT2D eigenvalue weighted by Crippen LogP contribution is -2.13. The fourth-order valence-electron chi connectivity index (χ4n) is 2.61. The number of aromatic nitrogens is 1. The zero-order valence-corrected chi connectivity index (χ0v) is 15.2. The molecule has 0 spiro atoms. The van der Waals surface area contributed by atoms with E-state index in [2.05, 4.69) is 10.3 Å². The van der Waals surface area contributed by atoms with Gasteiger partial charge in [0.15, 0.2) is 9.84 Å². The Bertz CT molecular complexity index is 1010. The normalized spacial score (nSPS) is 11.4. The third kappa shape index (κ3) is 4.43. The van der Waals surface area contributed by atoms with Gasteiger partial charge in [0, 0.05) is 29.8 Å². The Labute approximate surface area is 152 Å². The largest absolute Gasteiger partial charge is 0.494 e. The van der Waals surface area contributed by atoms with Gasteiger partial charge >= 0.3 is 0 Å². The number of hydrogen-bond acceptors (Lipinski definition) is 4. The summed E-state index contributed by atoms with van der Waals surface area (Å²) in [5.74, 6) is 0.504. The molecule has 0 aliphatic heterocycles. The number of hydrogen-bond donors (Lipinski definition) is 2. The van der Waals surface area contributed by atoms with Crippen molar-refractivity contribution in [1.82, 2.24) is 4.98 Å². The Hall–Kier alpha value is -2.80. The van der Waals surface area contributed by atoms with Crippen LogP contribution in [0.1, 0.15) is 12.8 Å². The Morgan fingerprint density at radius 3 is 2.62 bits per heavy atom. The lowest BCUT2D eigenvalue weighted by Gasteiger charge is -2.08. The van der Waals surface area contributed by atoms with E-state index in [1.54, 1.807) is 12.1 Å². The Kier molecular flexibility index (Phi) is 5.27. The summed E-state index contributed by atoms with van der Waals surface area (Å²) in [5, 5.41) is 3.89. The van der Waals surface area contributed by atoms with Crippen molar-refractivity contribution >= 4 is 32.3 Å². The second-order valence-electron chi connectivity index (χ2n) is 5.99. The van der Waals surface area contributed by atoms with Crippen molar-refractivity contribution in [3.8, 4) is 5.75 Å². The summed E-state index contributed by atoms with van der Waals surface area (Å²) in [6, 6.07) is 13.9. The number of rotatable bonds is 7. The maximum atomic E-state index is 12.1. The van der Waals surface area contributed by atoms with Crippen molar-refractivity contribution < 1.29 is 17.9 Å². The molecule has 3 aromatic rings. The van der Waals surface area contributed by atoms with Crippen LogP contribution in [0.5, 0.6) is 5.75 Å². The summed E-state index contributed by atoms with van der Waals surface area (Å²) >= 11 is 0. The smallest absolute Gasteiger partial charge is 0.224 e. The van der Waals surface area contributed by atoms with Crippen LogP contribution in [0.2, 0.25) is 0 Å². The van der Waals surface area contributed by atoms with Crippen LogP contribution < -0.4 is 10.1 Å². The molecule has 0 saturated heterocycles. The SMILES string of the molecule is CS(=O)(=O)c1ccc(OCCCC(=O)Nc2cccc3[nH]ccc23)cc1. The molecule has 26 heavy (non-hydrogen) atoms. The molecule has 2 N–H and O–H groups in total. The highest BCUT2D eigenvalue weighted by Crippen LogP contribution is 2.22. The van der Waals surface area contributed by atoms with Crippen molar-refractivity contribution in [3.63, 3.8) is 0 Å². The van der Waals surface area contributed by atoms with E-state index in [1.807, 2.05) is 30.5 Å². The number of carbonyl (C=O) groups excluding carboxylic acids is 1. The summed E-state index contributed by atoms with van der Waals surface area (Å²) in [6.07, 6.45) is 3.89. The number of sulfone groups is 1. The van der Waals surface area contributed by atoms with Gasteiger partial charge in [-0.15, -0.1) is 0 Å². The molecule has 0 saturated carbocycles. The van der Waals surface area contributed by atoms with E-state index in [-0.39, 0.29) is 10.8 Å². The first-order valence-corrected chi connectivity index (χ1v) is 10.1. The van der Waals surface area contributed by atoms with Gasteiger partial charge < -0.3 is 15.0 Å². The Morgan fingerprint density at radius 2 is 1.88 bits per heavy atom. The molecule has 0 aliphatic rings. The van der Waals surface area contributed by atoms with Gasteiger partial charge in [0.1, 0.15) is 5.75 Å². The lowest BCUT2D eigenvalue weighted by molar-refractivity contribution is -0.116. The van der Waals surface area contributed by atoms with Gasteiger partial charge in [0.25, 0.3) is 0 Å². The minimum Gasteiger partial charge on any atom is -0.494 e. The van der Waals surface area contributed by atoms with Crippen LogP contribution in [-0.2, 0) is 14.6 Å². The molecule has 1 amide bonds. The molecule has 6 nitrogen and oxygen atoms in total. The van der Waals surface area contributed by atoms with Crippen LogP contribution >= 0.6 is 0 Å². The van der Waals surface area contributed by atoms with Crippen LogP contribution in [0.15, 0.2) is 59.6 Å². The van der Waals surface area contributed by atoms with E-state index < -0.39 is 9.84 Å². The van der Waals surface area contributed by atoms with E-state index in [0.717, 1.165) is 22.8 Å². The van der Waals surface area contributed by atoms with Crippen LogP contribution in [0.4, 0.5) is 5.69 Å². The number of amides is 1. The number of fused-ring (bicyclic) bond motifs is 1. The van der Waals surface area contributed by atoms with Crippen LogP contribution in [-0.4, -0.2) is 32.2 Å². The highest BCUT2D eigenvalue weighted by Gasteiger charge is 2.08. The molecule has 1 aromatic heterocycles. The Balaban J connectivity index is 1.46. The first-order chi connectivity index (χ1) is 12.4. The predicted octanol–water partition coefficient (Wildman–Crippen LogP) is 3.37. The van der Waals surface area contributed by atoms with Gasteiger partial charge in [-0.2, -0.15) is 0 Å². The van der Waals surface area contributed by atoms with E-state index >= 15 is 0 Å².